The highest BCUT2D eigenvalue weighted by atomic mass is 16.6. The minimum atomic E-state index is -1.07. The third-order valence-electron chi connectivity index (χ3n) is 7.78. The van der Waals surface area contributed by atoms with Gasteiger partial charge in [0.2, 0.25) is 0 Å². The van der Waals surface area contributed by atoms with Crippen molar-refractivity contribution in [1.82, 2.24) is 0 Å². The van der Waals surface area contributed by atoms with Crippen molar-refractivity contribution in [3.8, 4) is 0 Å². The molecule has 0 aliphatic carbocycles. The maximum atomic E-state index is 11.6. The third kappa shape index (κ3) is 12.6. The molecule has 1 fully saturated rings. The van der Waals surface area contributed by atoms with Gasteiger partial charge in [-0.15, -0.1) is 0 Å². The summed E-state index contributed by atoms with van der Waals surface area (Å²) >= 11 is 0. The minimum Gasteiger partial charge on any atom is -0.459 e. The van der Waals surface area contributed by atoms with E-state index in [4.69, 9.17) is 9.47 Å². The van der Waals surface area contributed by atoms with E-state index in [1.807, 2.05) is 20.8 Å². The Morgan fingerprint density at radius 1 is 0.974 bits per heavy atom. The second-order valence-electron chi connectivity index (χ2n) is 12.7. The fourth-order valence-electron chi connectivity index (χ4n) is 5.01. The molecular formula is C32H56O6. The van der Waals surface area contributed by atoms with Gasteiger partial charge < -0.3 is 24.8 Å². The van der Waals surface area contributed by atoms with E-state index in [2.05, 4.69) is 32.1 Å². The van der Waals surface area contributed by atoms with Crippen LogP contribution in [-0.2, 0) is 14.3 Å². The molecule has 0 aromatic carbocycles. The normalized spacial score (nSPS) is 24.1. The van der Waals surface area contributed by atoms with Crippen molar-refractivity contribution in [3.63, 3.8) is 0 Å². The lowest BCUT2D eigenvalue weighted by Gasteiger charge is -2.33. The SMILES string of the molecule is CC(=O)OC(CC/C(C)=C/CC/C=C(\C)CC[C@@H](O)[C@]1(C)CC[C@H](C(C)(C)O)O1)C(C)(O)CCC=C(C)C. The van der Waals surface area contributed by atoms with Crippen LogP contribution in [0.3, 0.4) is 0 Å². The van der Waals surface area contributed by atoms with E-state index in [0.717, 1.165) is 44.9 Å². The molecule has 0 aromatic rings. The number of esters is 1. The molecule has 1 aliphatic heterocycles. The summed E-state index contributed by atoms with van der Waals surface area (Å²) in [7, 11) is 0. The van der Waals surface area contributed by atoms with Crippen molar-refractivity contribution in [1.29, 1.82) is 0 Å². The first-order valence-electron chi connectivity index (χ1n) is 14.4. The first-order chi connectivity index (χ1) is 17.5. The predicted octanol–water partition coefficient (Wildman–Crippen LogP) is 6.72. The molecule has 6 heteroatoms. The number of allylic oxidation sites excluding steroid dienone is 6. The molecule has 0 spiro atoms. The molecule has 0 amide bonds. The van der Waals surface area contributed by atoms with Crippen LogP contribution in [0, 0.1) is 0 Å². The van der Waals surface area contributed by atoms with Gasteiger partial charge in [0.25, 0.3) is 0 Å². The molecule has 2 unspecified atom stereocenters. The molecule has 1 heterocycles. The van der Waals surface area contributed by atoms with E-state index < -0.39 is 29.0 Å². The Kier molecular flexibility index (Phi) is 14.0. The average Bonchev–Trinajstić information content (AvgIpc) is 3.21. The van der Waals surface area contributed by atoms with Crippen molar-refractivity contribution in [2.45, 2.75) is 162 Å². The number of rotatable bonds is 16. The minimum absolute atomic E-state index is 0.244. The largest absolute Gasteiger partial charge is 0.459 e. The molecule has 1 aliphatic rings. The van der Waals surface area contributed by atoms with Gasteiger partial charge in [0.15, 0.2) is 0 Å². The lowest BCUT2D eigenvalue weighted by Crippen LogP contribution is -2.43. The molecular weight excluding hydrogens is 480 g/mol. The predicted molar refractivity (Wildman–Crippen MR) is 155 cm³/mol. The van der Waals surface area contributed by atoms with Crippen LogP contribution in [0.5, 0.6) is 0 Å². The van der Waals surface area contributed by atoms with Crippen molar-refractivity contribution < 1.29 is 29.6 Å². The fourth-order valence-corrected chi connectivity index (χ4v) is 5.01. The Labute approximate surface area is 232 Å². The van der Waals surface area contributed by atoms with Gasteiger partial charge in [-0.3, -0.25) is 4.79 Å². The second kappa shape index (κ2) is 15.4. The van der Waals surface area contributed by atoms with Crippen LogP contribution in [0.1, 0.15) is 127 Å². The first-order valence-corrected chi connectivity index (χ1v) is 14.4. The Hall–Kier alpha value is -1.47. The van der Waals surface area contributed by atoms with E-state index in [9.17, 15) is 20.1 Å². The van der Waals surface area contributed by atoms with Crippen LogP contribution in [0.15, 0.2) is 34.9 Å². The number of carbonyl (C=O) groups is 1. The van der Waals surface area contributed by atoms with Crippen molar-refractivity contribution in [2.24, 2.45) is 0 Å². The molecule has 5 atom stereocenters. The molecule has 1 rings (SSSR count). The summed E-state index contributed by atoms with van der Waals surface area (Å²) in [6.45, 7) is 16.9. The maximum Gasteiger partial charge on any atom is 0.303 e. The summed E-state index contributed by atoms with van der Waals surface area (Å²) in [4.78, 5) is 11.6. The van der Waals surface area contributed by atoms with Gasteiger partial charge in [0, 0.05) is 6.92 Å². The fraction of sp³-hybridized carbons (Fsp3) is 0.781. The number of hydrogen-bond acceptors (Lipinski definition) is 6. The van der Waals surface area contributed by atoms with Crippen molar-refractivity contribution >= 4 is 5.97 Å². The van der Waals surface area contributed by atoms with Gasteiger partial charge >= 0.3 is 5.97 Å². The van der Waals surface area contributed by atoms with Gasteiger partial charge in [0.1, 0.15) is 6.10 Å². The quantitative estimate of drug-likeness (QED) is 0.115. The van der Waals surface area contributed by atoms with Gasteiger partial charge in [-0.1, -0.05) is 34.9 Å². The summed E-state index contributed by atoms with van der Waals surface area (Å²) < 4.78 is 11.6. The van der Waals surface area contributed by atoms with E-state index in [0.29, 0.717) is 19.3 Å². The third-order valence-corrected chi connectivity index (χ3v) is 7.78. The van der Waals surface area contributed by atoms with E-state index in [1.54, 1.807) is 20.8 Å². The highest BCUT2D eigenvalue weighted by Crippen LogP contribution is 2.38. The van der Waals surface area contributed by atoms with Crippen molar-refractivity contribution in [3.05, 3.63) is 34.9 Å². The Balaban J connectivity index is 2.50. The topological polar surface area (TPSA) is 96.2 Å². The second-order valence-corrected chi connectivity index (χ2v) is 12.7. The van der Waals surface area contributed by atoms with Gasteiger partial charge in [-0.2, -0.15) is 0 Å². The summed E-state index contributed by atoms with van der Waals surface area (Å²) in [5, 5.41) is 32.0. The zero-order valence-electron chi connectivity index (χ0n) is 25.6. The average molecular weight is 537 g/mol. The van der Waals surface area contributed by atoms with Crippen LogP contribution < -0.4 is 0 Å². The van der Waals surface area contributed by atoms with E-state index in [1.165, 1.54) is 23.6 Å². The molecule has 220 valence electrons. The number of hydrogen-bond donors (Lipinski definition) is 3. The van der Waals surface area contributed by atoms with E-state index >= 15 is 0 Å². The van der Waals surface area contributed by atoms with Crippen LogP contribution in [-0.4, -0.2) is 56.4 Å². The smallest absolute Gasteiger partial charge is 0.303 e. The standard InChI is InChI=1S/C32H56O6/c1-23(2)13-12-21-31(8,36)29(37-26(5)33)19-17-25(4)15-11-10-14-24(3)16-18-27(34)32(9)22-20-28(38-32)30(6,7)35/h13-15,27-29,34-36H,10-12,16-22H2,1-9H3/b24-14+,25-15+/t27-,28-,29?,31?,32+/m1/s1. The monoisotopic (exact) mass is 536 g/mol. The Morgan fingerprint density at radius 3 is 2.00 bits per heavy atom. The molecule has 6 nitrogen and oxygen atoms in total. The molecule has 3 N–H and O–H groups in total. The number of ether oxygens (including phenoxy) is 2. The molecule has 1 saturated heterocycles. The van der Waals surface area contributed by atoms with Crippen LogP contribution in [0.25, 0.3) is 0 Å². The lowest BCUT2D eigenvalue weighted by atomic mass is 9.89. The zero-order valence-corrected chi connectivity index (χ0v) is 25.6. The molecule has 0 radical (unpaired) electrons. The highest BCUT2D eigenvalue weighted by Gasteiger charge is 2.46. The zero-order chi connectivity index (χ0) is 29.1. The first kappa shape index (κ1) is 34.6. The summed E-state index contributed by atoms with van der Waals surface area (Å²) in [5.41, 5.74) is 1.10. The van der Waals surface area contributed by atoms with Crippen LogP contribution >= 0.6 is 0 Å². The van der Waals surface area contributed by atoms with E-state index in [-0.39, 0.29) is 12.1 Å². The number of aliphatic hydroxyl groups excluding tert-OH is 1. The van der Waals surface area contributed by atoms with Crippen molar-refractivity contribution in [2.75, 3.05) is 0 Å². The summed E-state index contributed by atoms with van der Waals surface area (Å²) in [6, 6.07) is 0. The molecule has 0 bridgehead atoms. The Morgan fingerprint density at radius 2 is 1.53 bits per heavy atom. The highest BCUT2D eigenvalue weighted by molar-refractivity contribution is 5.66. The molecule has 0 aromatic heterocycles. The number of unbranched alkanes of at least 4 members (excludes halogenated alkanes) is 1. The Bertz CT molecular complexity index is 827. The summed E-state index contributed by atoms with van der Waals surface area (Å²) in [6.07, 6.45) is 12.6. The summed E-state index contributed by atoms with van der Waals surface area (Å²) in [5.74, 6) is -0.365. The maximum absolute atomic E-state index is 11.6. The van der Waals surface area contributed by atoms with Gasteiger partial charge in [-0.25, -0.2) is 0 Å². The van der Waals surface area contributed by atoms with Gasteiger partial charge in [0.05, 0.1) is 29.0 Å². The van der Waals surface area contributed by atoms with Gasteiger partial charge in [-0.05, 0) is 120 Å². The number of carbonyl (C=O) groups excluding carboxylic acids is 1. The molecule has 38 heavy (non-hydrogen) atoms. The van der Waals surface area contributed by atoms with Crippen LogP contribution in [0.2, 0.25) is 0 Å². The number of aliphatic hydroxyl groups is 3. The molecule has 0 saturated carbocycles. The van der Waals surface area contributed by atoms with Crippen LogP contribution in [0.4, 0.5) is 0 Å². The lowest BCUT2D eigenvalue weighted by molar-refractivity contribution is -0.162.